The van der Waals surface area contributed by atoms with Gasteiger partial charge < -0.3 is 10.2 Å². The van der Waals surface area contributed by atoms with Crippen molar-refractivity contribution in [3.05, 3.63) is 60.2 Å². The maximum absolute atomic E-state index is 12.7. The van der Waals surface area contributed by atoms with Crippen molar-refractivity contribution in [1.82, 2.24) is 10.2 Å². The molecule has 118 valence electrons. The third-order valence-corrected chi connectivity index (χ3v) is 4.22. The summed E-state index contributed by atoms with van der Waals surface area (Å²) in [5, 5.41) is 2.82. The summed E-state index contributed by atoms with van der Waals surface area (Å²) in [6.45, 7) is 3.00. The highest BCUT2D eigenvalue weighted by Crippen LogP contribution is 2.21. The van der Waals surface area contributed by atoms with Gasteiger partial charge >= 0.3 is 0 Å². The zero-order valence-electron chi connectivity index (χ0n) is 13.2. The lowest BCUT2D eigenvalue weighted by Gasteiger charge is -2.34. The lowest BCUT2D eigenvalue weighted by atomic mass is 10.0. The van der Waals surface area contributed by atoms with Crippen LogP contribution in [0.4, 0.5) is 0 Å². The number of nitrogens with one attached hydrogen (secondary N) is 1. The standard InChI is InChI=1S/C19H20N2O2/c1-2-17-18(22)20-12-13-21(17)19(23)16-10-8-15(9-11-16)14-6-4-3-5-7-14/h3-11,17H,2,12-13H2,1H3,(H,20,22)/t17-/m1/s1. The van der Waals surface area contributed by atoms with Gasteiger partial charge in [-0.05, 0) is 29.7 Å². The van der Waals surface area contributed by atoms with E-state index in [0.29, 0.717) is 25.1 Å². The summed E-state index contributed by atoms with van der Waals surface area (Å²) in [5.41, 5.74) is 2.82. The molecule has 1 fully saturated rings. The molecule has 23 heavy (non-hydrogen) atoms. The van der Waals surface area contributed by atoms with Crippen LogP contribution in [0.1, 0.15) is 23.7 Å². The normalized spacial score (nSPS) is 17.7. The Morgan fingerprint density at radius 1 is 1.09 bits per heavy atom. The number of carbonyl (C=O) groups excluding carboxylic acids is 2. The third-order valence-electron chi connectivity index (χ3n) is 4.22. The number of hydrogen-bond donors (Lipinski definition) is 1. The Bertz CT molecular complexity index is 695. The minimum Gasteiger partial charge on any atom is -0.353 e. The van der Waals surface area contributed by atoms with Crippen molar-refractivity contribution >= 4 is 11.8 Å². The second-order valence-corrected chi connectivity index (χ2v) is 5.66. The molecule has 0 radical (unpaired) electrons. The lowest BCUT2D eigenvalue weighted by Crippen LogP contribution is -2.56. The van der Waals surface area contributed by atoms with E-state index in [1.165, 1.54) is 0 Å². The molecule has 1 N–H and O–H groups in total. The quantitative estimate of drug-likeness (QED) is 0.948. The predicted octanol–water partition coefficient (Wildman–Crippen LogP) is 2.70. The van der Waals surface area contributed by atoms with Crippen LogP contribution in [0, 0.1) is 0 Å². The lowest BCUT2D eigenvalue weighted by molar-refractivity contribution is -0.127. The van der Waals surface area contributed by atoms with Crippen LogP contribution in [0.3, 0.4) is 0 Å². The molecule has 1 aliphatic heterocycles. The van der Waals surface area contributed by atoms with Crippen LogP contribution in [-0.2, 0) is 4.79 Å². The molecule has 1 saturated heterocycles. The molecule has 0 bridgehead atoms. The number of carbonyl (C=O) groups is 2. The van der Waals surface area contributed by atoms with E-state index in [0.717, 1.165) is 11.1 Å². The van der Waals surface area contributed by atoms with Crippen LogP contribution >= 0.6 is 0 Å². The van der Waals surface area contributed by atoms with Crippen LogP contribution < -0.4 is 5.32 Å². The minimum atomic E-state index is -0.370. The van der Waals surface area contributed by atoms with Crippen LogP contribution in [0.2, 0.25) is 0 Å². The molecule has 2 amide bonds. The van der Waals surface area contributed by atoms with E-state index in [1.54, 1.807) is 4.90 Å². The van der Waals surface area contributed by atoms with Crippen molar-refractivity contribution in [3.8, 4) is 11.1 Å². The van der Waals surface area contributed by atoms with Crippen molar-refractivity contribution < 1.29 is 9.59 Å². The summed E-state index contributed by atoms with van der Waals surface area (Å²) in [7, 11) is 0. The van der Waals surface area contributed by atoms with Crippen molar-refractivity contribution in [3.63, 3.8) is 0 Å². The summed E-state index contributed by atoms with van der Waals surface area (Å²) < 4.78 is 0. The summed E-state index contributed by atoms with van der Waals surface area (Å²) in [5.74, 6) is -0.140. The topological polar surface area (TPSA) is 49.4 Å². The highest BCUT2D eigenvalue weighted by Gasteiger charge is 2.31. The summed E-state index contributed by atoms with van der Waals surface area (Å²) in [4.78, 5) is 26.3. The second-order valence-electron chi connectivity index (χ2n) is 5.66. The van der Waals surface area contributed by atoms with E-state index in [-0.39, 0.29) is 17.9 Å². The van der Waals surface area contributed by atoms with Gasteiger partial charge in [0.1, 0.15) is 6.04 Å². The fourth-order valence-electron chi connectivity index (χ4n) is 2.97. The smallest absolute Gasteiger partial charge is 0.254 e. The summed E-state index contributed by atoms with van der Waals surface area (Å²) >= 11 is 0. The van der Waals surface area contributed by atoms with Gasteiger partial charge in [-0.2, -0.15) is 0 Å². The molecule has 0 saturated carbocycles. The van der Waals surface area contributed by atoms with E-state index in [1.807, 2.05) is 61.5 Å². The van der Waals surface area contributed by atoms with Gasteiger partial charge in [-0.15, -0.1) is 0 Å². The zero-order chi connectivity index (χ0) is 16.2. The maximum Gasteiger partial charge on any atom is 0.254 e. The molecule has 0 aliphatic carbocycles. The molecule has 0 spiro atoms. The van der Waals surface area contributed by atoms with Gasteiger partial charge in [0, 0.05) is 18.7 Å². The fraction of sp³-hybridized carbons (Fsp3) is 0.263. The molecule has 1 heterocycles. The van der Waals surface area contributed by atoms with E-state index in [9.17, 15) is 9.59 Å². The van der Waals surface area contributed by atoms with Crippen molar-refractivity contribution in [2.75, 3.05) is 13.1 Å². The molecule has 0 aromatic heterocycles. The van der Waals surface area contributed by atoms with E-state index >= 15 is 0 Å². The Hall–Kier alpha value is -2.62. The molecule has 1 aliphatic rings. The first-order valence-corrected chi connectivity index (χ1v) is 7.95. The van der Waals surface area contributed by atoms with Crippen LogP contribution in [0.15, 0.2) is 54.6 Å². The Labute approximate surface area is 136 Å². The average molecular weight is 308 g/mol. The van der Waals surface area contributed by atoms with Gasteiger partial charge in [0.05, 0.1) is 0 Å². The van der Waals surface area contributed by atoms with Gasteiger partial charge in [0.2, 0.25) is 5.91 Å². The monoisotopic (exact) mass is 308 g/mol. The van der Waals surface area contributed by atoms with E-state index < -0.39 is 0 Å². The van der Waals surface area contributed by atoms with Gasteiger partial charge in [0.25, 0.3) is 5.91 Å². The number of nitrogens with zero attached hydrogens (tertiary/aromatic N) is 1. The molecule has 0 unspecified atom stereocenters. The van der Waals surface area contributed by atoms with Gasteiger partial charge in [-0.3, -0.25) is 9.59 Å². The molecule has 4 nitrogen and oxygen atoms in total. The van der Waals surface area contributed by atoms with Crippen molar-refractivity contribution in [2.45, 2.75) is 19.4 Å². The Balaban J connectivity index is 1.81. The number of amides is 2. The Morgan fingerprint density at radius 2 is 1.74 bits per heavy atom. The molecule has 3 rings (SSSR count). The third kappa shape index (κ3) is 3.11. The number of rotatable bonds is 3. The van der Waals surface area contributed by atoms with Gasteiger partial charge in [-0.1, -0.05) is 49.4 Å². The number of benzene rings is 2. The SMILES string of the molecule is CC[C@@H]1C(=O)NCCN1C(=O)c1ccc(-c2ccccc2)cc1. The van der Waals surface area contributed by atoms with Crippen molar-refractivity contribution in [2.24, 2.45) is 0 Å². The van der Waals surface area contributed by atoms with Gasteiger partial charge in [-0.25, -0.2) is 0 Å². The highest BCUT2D eigenvalue weighted by atomic mass is 16.2. The molecule has 2 aromatic rings. The zero-order valence-corrected chi connectivity index (χ0v) is 13.2. The highest BCUT2D eigenvalue weighted by molar-refractivity contribution is 5.98. The number of hydrogen-bond acceptors (Lipinski definition) is 2. The second kappa shape index (κ2) is 6.65. The molecular formula is C19H20N2O2. The molecular weight excluding hydrogens is 288 g/mol. The largest absolute Gasteiger partial charge is 0.353 e. The predicted molar refractivity (Wildman–Crippen MR) is 90.0 cm³/mol. The summed E-state index contributed by atoms with van der Waals surface area (Å²) in [6, 6.07) is 17.3. The van der Waals surface area contributed by atoms with E-state index in [4.69, 9.17) is 0 Å². The summed E-state index contributed by atoms with van der Waals surface area (Å²) in [6.07, 6.45) is 0.625. The van der Waals surface area contributed by atoms with Gasteiger partial charge in [0.15, 0.2) is 0 Å². The maximum atomic E-state index is 12.7. The molecule has 1 atom stereocenters. The average Bonchev–Trinajstić information content (AvgIpc) is 2.62. The molecule has 2 aromatic carbocycles. The fourth-order valence-corrected chi connectivity index (χ4v) is 2.97. The Kier molecular flexibility index (Phi) is 4.42. The first-order valence-electron chi connectivity index (χ1n) is 7.95. The molecule has 4 heteroatoms. The van der Waals surface area contributed by atoms with Crippen molar-refractivity contribution in [1.29, 1.82) is 0 Å². The van der Waals surface area contributed by atoms with Crippen LogP contribution in [0.25, 0.3) is 11.1 Å². The first kappa shape index (κ1) is 15.3. The Morgan fingerprint density at radius 3 is 2.39 bits per heavy atom. The van der Waals surface area contributed by atoms with Crippen LogP contribution in [-0.4, -0.2) is 35.8 Å². The minimum absolute atomic E-state index is 0.0620. The number of piperazine rings is 1. The van der Waals surface area contributed by atoms with E-state index in [2.05, 4.69) is 5.32 Å². The van der Waals surface area contributed by atoms with Crippen LogP contribution in [0.5, 0.6) is 0 Å². The first-order chi connectivity index (χ1) is 11.2.